The van der Waals surface area contributed by atoms with Crippen LogP contribution in [-0.2, 0) is 0 Å². The smallest absolute Gasteiger partial charge is 0.201 e. The standard InChI is InChI=1S/C14H14N4O/c1-9(2)19-12-5-3-10(4-6-12)11-7-13-14(15-8-11)17-18-16-13/h3-9H,1-2H3,(H,15,16,17,18). The highest BCUT2D eigenvalue weighted by molar-refractivity contribution is 5.77. The number of nitrogens with one attached hydrogen (secondary N) is 1. The second kappa shape index (κ2) is 4.68. The van der Waals surface area contributed by atoms with Gasteiger partial charge in [-0.3, -0.25) is 0 Å². The van der Waals surface area contributed by atoms with Gasteiger partial charge in [0, 0.05) is 11.8 Å². The Morgan fingerprint density at radius 1 is 1.05 bits per heavy atom. The summed E-state index contributed by atoms with van der Waals surface area (Å²) in [6.45, 7) is 4.02. The van der Waals surface area contributed by atoms with Crippen LogP contribution in [0.15, 0.2) is 36.5 Å². The summed E-state index contributed by atoms with van der Waals surface area (Å²) in [6.07, 6.45) is 1.97. The number of H-pyrrole nitrogens is 1. The number of hydrogen-bond donors (Lipinski definition) is 1. The van der Waals surface area contributed by atoms with Crippen LogP contribution in [0, 0.1) is 0 Å². The second-order valence-corrected chi connectivity index (χ2v) is 4.58. The van der Waals surface area contributed by atoms with Crippen LogP contribution < -0.4 is 4.74 Å². The van der Waals surface area contributed by atoms with Gasteiger partial charge in [0.2, 0.25) is 5.65 Å². The van der Waals surface area contributed by atoms with Crippen molar-refractivity contribution in [2.45, 2.75) is 20.0 Å². The predicted octanol–water partition coefficient (Wildman–Crippen LogP) is 2.81. The van der Waals surface area contributed by atoms with Gasteiger partial charge in [0.25, 0.3) is 0 Å². The van der Waals surface area contributed by atoms with E-state index in [1.54, 1.807) is 6.20 Å². The van der Waals surface area contributed by atoms with Crippen LogP contribution in [0.4, 0.5) is 0 Å². The van der Waals surface area contributed by atoms with Gasteiger partial charge >= 0.3 is 0 Å². The van der Waals surface area contributed by atoms with Gasteiger partial charge in [-0.15, -0.1) is 5.10 Å². The molecular formula is C14H14N4O. The molecule has 0 fully saturated rings. The number of rotatable bonds is 3. The molecular weight excluding hydrogens is 240 g/mol. The Hall–Kier alpha value is -2.43. The molecule has 3 rings (SSSR count). The van der Waals surface area contributed by atoms with Gasteiger partial charge in [-0.1, -0.05) is 12.1 Å². The van der Waals surface area contributed by atoms with Crippen LogP contribution >= 0.6 is 0 Å². The topological polar surface area (TPSA) is 63.7 Å². The van der Waals surface area contributed by atoms with Crippen LogP contribution in [0.2, 0.25) is 0 Å². The molecule has 0 unspecified atom stereocenters. The van der Waals surface area contributed by atoms with Crippen LogP contribution in [0.3, 0.4) is 0 Å². The van der Waals surface area contributed by atoms with Crippen LogP contribution in [0.1, 0.15) is 13.8 Å². The third-order valence-corrected chi connectivity index (χ3v) is 2.73. The molecule has 0 aliphatic rings. The van der Waals surface area contributed by atoms with E-state index >= 15 is 0 Å². The minimum absolute atomic E-state index is 0.180. The average Bonchev–Trinajstić information content (AvgIpc) is 2.86. The highest BCUT2D eigenvalue weighted by Crippen LogP contribution is 2.23. The fourth-order valence-electron chi connectivity index (χ4n) is 1.90. The van der Waals surface area contributed by atoms with Crippen molar-refractivity contribution in [3.8, 4) is 16.9 Å². The van der Waals surface area contributed by atoms with Gasteiger partial charge in [-0.05, 0) is 37.6 Å². The summed E-state index contributed by atoms with van der Waals surface area (Å²) in [7, 11) is 0. The largest absolute Gasteiger partial charge is 0.491 e. The van der Waals surface area contributed by atoms with Gasteiger partial charge in [0.05, 0.1) is 6.10 Å². The van der Waals surface area contributed by atoms with E-state index in [1.165, 1.54) is 0 Å². The summed E-state index contributed by atoms with van der Waals surface area (Å²) in [5.74, 6) is 0.870. The molecule has 0 saturated carbocycles. The number of hydrogen-bond acceptors (Lipinski definition) is 4. The van der Waals surface area contributed by atoms with Gasteiger partial charge in [0.15, 0.2) is 0 Å². The lowest BCUT2D eigenvalue weighted by atomic mass is 10.1. The van der Waals surface area contributed by atoms with Gasteiger partial charge in [0.1, 0.15) is 11.3 Å². The Balaban J connectivity index is 1.92. The lowest BCUT2D eigenvalue weighted by Gasteiger charge is -2.10. The van der Waals surface area contributed by atoms with E-state index in [1.807, 2.05) is 44.2 Å². The van der Waals surface area contributed by atoms with Gasteiger partial charge < -0.3 is 4.74 Å². The molecule has 0 aliphatic heterocycles. The molecule has 2 aromatic heterocycles. The number of pyridine rings is 1. The van der Waals surface area contributed by atoms with Crippen LogP contribution in [0.5, 0.6) is 5.75 Å². The molecule has 2 heterocycles. The number of ether oxygens (including phenoxy) is 1. The Kier molecular flexibility index (Phi) is 2.87. The molecule has 1 N–H and O–H groups in total. The van der Waals surface area contributed by atoms with Gasteiger partial charge in [-0.2, -0.15) is 10.3 Å². The average molecular weight is 254 g/mol. The summed E-state index contributed by atoms with van der Waals surface area (Å²) in [5, 5.41) is 10.5. The van der Waals surface area contributed by atoms with E-state index in [-0.39, 0.29) is 6.10 Å². The number of aromatic amines is 1. The highest BCUT2D eigenvalue weighted by atomic mass is 16.5. The Morgan fingerprint density at radius 3 is 2.58 bits per heavy atom. The molecule has 1 aromatic carbocycles. The highest BCUT2D eigenvalue weighted by Gasteiger charge is 2.04. The molecule has 5 nitrogen and oxygen atoms in total. The number of nitrogens with zero attached hydrogens (tertiary/aromatic N) is 3. The van der Waals surface area contributed by atoms with E-state index in [9.17, 15) is 0 Å². The molecule has 0 aliphatic carbocycles. The van der Waals surface area contributed by atoms with Crippen LogP contribution in [-0.4, -0.2) is 26.5 Å². The summed E-state index contributed by atoms with van der Waals surface area (Å²) >= 11 is 0. The van der Waals surface area contributed by atoms with Crippen molar-refractivity contribution >= 4 is 11.2 Å². The predicted molar refractivity (Wildman–Crippen MR) is 72.9 cm³/mol. The summed E-state index contributed by atoms with van der Waals surface area (Å²) in [6, 6.07) is 9.91. The zero-order valence-electron chi connectivity index (χ0n) is 10.8. The lowest BCUT2D eigenvalue weighted by Crippen LogP contribution is -2.05. The maximum absolute atomic E-state index is 5.62. The second-order valence-electron chi connectivity index (χ2n) is 4.58. The first-order valence-electron chi connectivity index (χ1n) is 6.16. The molecule has 0 atom stereocenters. The van der Waals surface area contributed by atoms with Gasteiger partial charge in [-0.25, -0.2) is 4.98 Å². The van der Waals surface area contributed by atoms with Crippen molar-refractivity contribution < 1.29 is 4.74 Å². The Bertz CT molecular complexity index is 688. The zero-order valence-corrected chi connectivity index (χ0v) is 10.8. The third-order valence-electron chi connectivity index (χ3n) is 2.73. The zero-order chi connectivity index (χ0) is 13.2. The lowest BCUT2D eigenvalue weighted by molar-refractivity contribution is 0.242. The molecule has 0 amide bonds. The van der Waals surface area contributed by atoms with Crippen LogP contribution in [0.25, 0.3) is 22.3 Å². The maximum Gasteiger partial charge on any atom is 0.201 e. The molecule has 0 spiro atoms. The first-order chi connectivity index (χ1) is 9.22. The number of aromatic nitrogens is 4. The van der Waals surface area contributed by atoms with Crippen molar-refractivity contribution in [1.82, 2.24) is 20.4 Å². The molecule has 3 aromatic rings. The minimum atomic E-state index is 0.180. The minimum Gasteiger partial charge on any atom is -0.491 e. The first kappa shape index (κ1) is 11.6. The Labute approximate surface area is 110 Å². The van der Waals surface area contributed by atoms with Crippen molar-refractivity contribution in [2.24, 2.45) is 0 Å². The maximum atomic E-state index is 5.62. The van der Waals surface area contributed by atoms with Crippen molar-refractivity contribution in [2.75, 3.05) is 0 Å². The molecule has 19 heavy (non-hydrogen) atoms. The summed E-state index contributed by atoms with van der Waals surface area (Å²) < 4.78 is 5.62. The fraction of sp³-hybridized carbons (Fsp3) is 0.214. The molecule has 0 bridgehead atoms. The monoisotopic (exact) mass is 254 g/mol. The molecule has 5 heteroatoms. The van der Waals surface area contributed by atoms with E-state index in [4.69, 9.17) is 4.74 Å². The SMILES string of the molecule is CC(C)Oc1ccc(-c2cnc3n[nH]nc3c2)cc1. The van der Waals surface area contributed by atoms with E-state index in [2.05, 4.69) is 20.4 Å². The quantitative estimate of drug-likeness (QED) is 0.780. The Morgan fingerprint density at radius 2 is 1.84 bits per heavy atom. The third kappa shape index (κ3) is 2.40. The molecule has 0 radical (unpaired) electrons. The van der Waals surface area contributed by atoms with E-state index in [0.29, 0.717) is 5.65 Å². The number of benzene rings is 1. The van der Waals surface area contributed by atoms with Crippen molar-refractivity contribution in [1.29, 1.82) is 0 Å². The van der Waals surface area contributed by atoms with Crippen molar-refractivity contribution in [3.05, 3.63) is 36.5 Å². The summed E-state index contributed by atoms with van der Waals surface area (Å²) in [4.78, 5) is 4.25. The normalized spacial score (nSPS) is 11.1. The van der Waals surface area contributed by atoms with E-state index < -0.39 is 0 Å². The summed E-state index contributed by atoms with van der Waals surface area (Å²) in [5.41, 5.74) is 3.48. The first-order valence-corrected chi connectivity index (χ1v) is 6.16. The number of fused-ring (bicyclic) bond motifs is 1. The fourth-order valence-corrected chi connectivity index (χ4v) is 1.90. The molecule has 0 saturated heterocycles. The van der Waals surface area contributed by atoms with E-state index in [0.717, 1.165) is 22.4 Å². The molecule has 96 valence electrons. The van der Waals surface area contributed by atoms with Crippen molar-refractivity contribution in [3.63, 3.8) is 0 Å².